The molecule has 1 aromatic carbocycles. The normalized spacial score (nSPS) is 36.6. The van der Waals surface area contributed by atoms with Gasteiger partial charge in [0.15, 0.2) is 11.6 Å². The molecule has 3 nitrogen and oxygen atoms in total. The zero-order valence-corrected chi connectivity index (χ0v) is 12.3. The fourth-order valence-corrected chi connectivity index (χ4v) is 5.81. The van der Waals surface area contributed by atoms with Crippen LogP contribution in [-0.4, -0.2) is 26.9 Å². The highest BCUT2D eigenvalue weighted by molar-refractivity contribution is 7.86. The van der Waals surface area contributed by atoms with Crippen LogP contribution in [0.2, 0.25) is 0 Å². The lowest BCUT2D eigenvalue weighted by Gasteiger charge is -2.44. The van der Waals surface area contributed by atoms with Crippen molar-refractivity contribution in [2.45, 2.75) is 48.2 Å². The molecular weight excluding hydrogens is 279 g/mol. The molecule has 0 aliphatic carbocycles. The second-order valence-corrected chi connectivity index (χ2v) is 7.75. The molecule has 20 heavy (non-hydrogen) atoms. The standard InChI is InChI=1S/C15H19FO3S/c1-19-14-12(6-3-7-13(14)16)15(17)8-10-4-2-5-11(9-15)20(10)18/h3,6-7,10-11,17H,2,4-5,8-9H2,1H3. The van der Waals surface area contributed by atoms with Crippen molar-refractivity contribution in [3.63, 3.8) is 0 Å². The fourth-order valence-electron chi connectivity index (χ4n) is 3.59. The van der Waals surface area contributed by atoms with E-state index < -0.39 is 22.2 Å². The van der Waals surface area contributed by atoms with Crippen molar-refractivity contribution in [1.82, 2.24) is 0 Å². The van der Waals surface area contributed by atoms with Crippen LogP contribution in [0.3, 0.4) is 0 Å². The van der Waals surface area contributed by atoms with Crippen molar-refractivity contribution in [3.05, 3.63) is 29.6 Å². The van der Waals surface area contributed by atoms with Crippen LogP contribution in [0.4, 0.5) is 4.39 Å². The summed E-state index contributed by atoms with van der Waals surface area (Å²) in [5.41, 5.74) is -0.634. The summed E-state index contributed by atoms with van der Waals surface area (Å²) in [5, 5.41) is 11.1. The molecule has 1 aromatic rings. The van der Waals surface area contributed by atoms with Gasteiger partial charge in [0.25, 0.3) is 0 Å². The first-order chi connectivity index (χ1) is 9.55. The molecule has 0 spiro atoms. The first-order valence-electron chi connectivity index (χ1n) is 7.00. The summed E-state index contributed by atoms with van der Waals surface area (Å²) in [5.74, 6) is -0.351. The molecule has 2 fully saturated rings. The lowest BCUT2D eigenvalue weighted by atomic mass is 9.80. The first kappa shape index (κ1) is 14.0. The Bertz CT molecular complexity index is 530. The predicted octanol–water partition coefficient (Wildman–Crippen LogP) is 2.49. The number of halogens is 1. The van der Waals surface area contributed by atoms with Crippen LogP contribution >= 0.6 is 0 Å². The summed E-state index contributed by atoms with van der Waals surface area (Å²) in [6.45, 7) is 0. The first-order valence-corrected chi connectivity index (χ1v) is 8.27. The average Bonchev–Trinajstić information content (AvgIpc) is 2.40. The Hall–Kier alpha value is -0.940. The minimum absolute atomic E-state index is 0.0143. The van der Waals surface area contributed by atoms with Gasteiger partial charge in [-0.25, -0.2) is 4.39 Å². The topological polar surface area (TPSA) is 46.5 Å². The lowest BCUT2D eigenvalue weighted by Crippen LogP contribution is -2.47. The van der Waals surface area contributed by atoms with E-state index in [1.165, 1.54) is 13.2 Å². The van der Waals surface area contributed by atoms with Gasteiger partial charge < -0.3 is 9.84 Å². The maximum Gasteiger partial charge on any atom is 0.165 e. The Balaban J connectivity index is 2.01. The quantitative estimate of drug-likeness (QED) is 0.912. The van der Waals surface area contributed by atoms with Crippen molar-refractivity contribution in [2.75, 3.05) is 7.11 Å². The SMILES string of the molecule is COc1c(F)cccc1C1(O)CC2CCCC(C1)S2=O. The Kier molecular flexibility index (Phi) is 3.58. The summed E-state index contributed by atoms with van der Waals surface area (Å²) in [6, 6.07) is 4.63. The van der Waals surface area contributed by atoms with Crippen molar-refractivity contribution in [1.29, 1.82) is 0 Å². The Labute approximate surface area is 120 Å². The van der Waals surface area contributed by atoms with Gasteiger partial charge in [-0.2, -0.15) is 0 Å². The zero-order valence-electron chi connectivity index (χ0n) is 11.5. The molecule has 110 valence electrons. The predicted molar refractivity (Wildman–Crippen MR) is 75.7 cm³/mol. The maximum atomic E-state index is 13.8. The average molecular weight is 298 g/mol. The van der Waals surface area contributed by atoms with E-state index in [9.17, 15) is 13.7 Å². The Morgan fingerprint density at radius 3 is 2.60 bits per heavy atom. The molecular formula is C15H19FO3S. The monoisotopic (exact) mass is 298 g/mol. The molecule has 0 saturated carbocycles. The molecule has 2 saturated heterocycles. The van der Waals surface area contributed by atoms with E-state index in [-0.39, 0.29) is 16.2 Å². The van der Waals surface area contributed by atoms with Gasteiger partial charge in [-0.3, -0.25) is 4.21 Å². The van der Waals surface area contributed by atoms with E-state index in [2.05, 4.69) is 0 Å². The molecule has 2 atom stereocenters. The maximum absolute atomic E-state index is 13.8. The highest BCUT2D eigenvalue weighted by Gasteiger charge is 2.47. The van der Waals surface area contributed by atoms with Crippen LogP contribution in [0.15, 0.2) is 18.2 Å². The largest absolute Gasteiger partial charge is 0.493 e. The third-order valence-electron chi connectivity index (χ3n) is 4.51. The molecule has 2 bridgehead atoms. The van der Waals surface area contributed by atoms with E-state index >= 15 is 0 Å². The summed E-state index contributed by atoms with van der Waals surface area (Å²) in [4.78, 5) is 0. The molecule has 1 N–H and O–H groups in total. The van der Waals surface area contributed by atoms with E-state index in [1.54, 1.807) is 12.1 Å². The molecule has 5 heteroatoms. The van der Waals surface area contributed by atoms with Crippen LogP contribution in [0.1, 0.15) is 37.7 Å². The second kappa shape index (κ2) is 5.11. The van der Waals surface area contributed by atoms with E-state index in [4.69, 9.17) is 4.74 Å². The lowest BCUT2D eigenvalue weighted by molar-refractivity contribution is 0.00409. The third kappa shape index (κ3) is 2.17. The molecule has 3 rings (SSSR count). The number of rotatable bonds is 2. The molecule has 2 heterocycles. The number of hydrogen-bond acceptors (Lipinski definition) is 3. The smallest absolute Gasteiger partial charge is 0.165 e. The van der Waals surface area contributed by atoms with Crippen molar-refractivity contribution in [2.24, 2.45) is 0 Å². The van der Waals surface area contributed by atoms with Crippen LogP contribution in [0.25, 0.3) is 0 Å². The minimum Gasteiger partial charge on any atom is -0.493 e. The number of benzene rings is 1. The molecule has 2 aliphatic rings. The number of aliphatic hydroxyl groups is 1. The number of para-hydroxylation sites is 1. The third-order valence-corrected chi connectivity index (χ3v) is 6.63. The summed E-state index contributed by atoms with van der Waals surface area (Å²) >= 11 is 0. The van der Waals surface area contributed by atoms with E-state index in [1.807, 2.05) is 0 Å². The molecule has 2 unspecified atom stereocenters. The molecule has 0 aromatic heterocycles. The van der Waals surface area contributed by atoms with E-state index in [0.717, 1.165) is 19.3 Å². The highest BCUT2D eigenvalue weighted by atomic mass is 32.2. The Morgan fingerprint density at radius 1 is 1.35 bits per heavy atom. The summed E-state index contributed by atoms with van der Waals surface area (Å²) in [7, 11) is 0.545. The van der Waals surface area contributed by atoms with Gasteiger partial charge in [-0.05, 0) is 31.7 Å². The summed E-state index contributed by atoms with van der Waals surface area (Å²) in [6.07, 6.45) is 3.68. The fraction of sp³-hybridized carbons (Fsp3) is 0.600. The molecule has 2 aliphatic heterocycles. The Morgan fingerprint density at radius 2 is 2.00 bits per heavy atom. The van der Waals surface area contributed by atoms with Crippen LogP contribution < -0.4 is 4.74 Å². The van der Waals surface area contributed by atoms with Gasteiger partial charge in [0.1, 0.15) is 0 Å². The van der Waals surface area contributed by atoms with Crippen molar-refractivity contribution < 1.29 is 18.4 Å². The number of ether oxygens (including phenoxy) is 1. The van der Waals surface area contributed by atoms with Gasteiger partial charge in [0.2, 0.25) is 0 Å². The number of hydrogen-bond donors (Lipinski definition) is 1. The van der Waals surface area contributed by atoms with E-state index in [0.29, 0.717) is 18.4 Å². The molecule has 0 radical (unpaired) electrons. The molecule has 0 amide bonds. The van der Waals surface area contributed by atoms with Crippen LogP contribution in [-0.2, 0) is 16.4 Å². The highest BCUT2D eigenvalue weighted by Crippen LogP contribution is 2.47. The van der Waals surface area contributed by atoms with Gasteiger partial charge in [0, 0.05) is 26.9 Å². The number of fused-ring (bicyclic) bond motifs is 2. The second-order valence-electron chi connectivity index (χ2n) is 5.76. The minimum atomic E-state index is -1.13. The van der Waals surface area contributed by atoms with Gasteiger partial charge in [-0.1, -0.05) is 18.6 Å². The van der Waals surface area contributed by atoms with Gasteiger partial charge in [-0.15, -0.1) is 0 Å². The van der Waals surface area contributed by atoms with Gasteiger partial charge in [0.05, 0.1) is 12.7 Å². The summed E-state index contributed by atoms with van der Waals surface area (Å²) < 4.78 is 31.2. The van der Waals surface area contributed by atoms with Crippen molar-refractivity contribution >= 4 is 10.8 Å². The van der Waals surface area contributed by atoms with Crippen LogP contribution in [0.5, 0.6) is 5.75 Å². The van der Waals surface area contributed by atoms with Crippen LogP contribution in [0, 0.1) is 5.82 Å². The van der Waals surface area contributed by atoms with Gasteiger partial charge >= 0.3 is 0 Å². The van der Waals surface area contributed by atoms with Crippen molar-refractivity contribution in [3.8, 4) is 5.75 Å². The zero-order chi connectivity index (χ0) is 14.3. The number of methoxy groups -OCH3 is 1.